The number of ether oxygens (including phenoxy) is 1. The Morgan fingerprint density at radius 2 is 2.10 bits per heavy atom. The summed E-state index contributed by atoms with van der Waals surface area (Å²) in [4.78, 5) is 13.0. The van der Waals surface area contributed by atoms with Gasteiger partial charge in [0.25, 0.3) is 0 Å². The largest absolute Gasteiger partial charge is 0.462 e. The predicted molar refractivity (Wildman–Crippen MR) is 84.2 cm³/mol. The number of nitrogen functional groups attached to an aromatic ring is 1. The quantitative estimate of drug-likeness (QED) is 0.862. The Morgan fingerprint density at radius 3 is 2.71 bits per heavy atom. The molecule has 1 aromatic heterocycles. The first-order chi connectivity index (χ1) is 9.99. The summed E-state index contributed by atoms with van der Waals surface area (Å²) >= 11 is 1.20. The van der Waals surface area contributed by atoms with Gasteiger partial charge in [0.2, 0.25) is 0 Å². The lowest BCUT2D eigenvalue weighted by atomic mass is 10.0. The number of carbonyl (C=O) groups excluding carboxylic acids is 1. The molecule has 0 aliphatic rings. The van der Waals surface area contributed by atoms with Gasteiger partial charge in [0.05, 0.1) is 12.3 Å². The van der Waals surface area contributed by atoms with Crippen LogP contribution in [0.15, 0.2) is 18.2 Å². The molecule has 3 nitrogen and oxygen atoms in total. The molecule has 2 aromatic rings. The first-order valence-corrected chi connectivity index (χ1v) is 7.66. The Balaban J connectivity index is 2.61. The van der Waals surface area contributed by atoms with Crippen LogP contribution < -0.4 is 5.73 Å². The summed E-state index contributed by atoms with van der Waals surface area (Å²) < 4.78 is 19.1. The van der Waals surface area contributed by atoms with Crippen molar-refractivity contribution in [1.82, 2.24) is 0 Å². The second-order valence-corrected chi connectivity index (χ2v) is 5.73. The number of carbonyl (C=O) groups is 1. The average molecular weight is 307 g/mol. The molecular weight excluding hydrogens is 289 g/mol. The minimum atomic E-state index is -0.450. The maximum atomic E-state index is 14.1. The Morgan fingerprint density at radius 1 is 1.38 bits per heavy atom. The highest BCUT2D eigenvalue weighted by atomic mass is 32.1. The van der Waals surface area contributed by atoms with Gasteiger partial charge in [-0.1, -0.05) is 18.6 Å². The molecule has 2 N–H and O–H groups in total. The number of thiophene rings is 1. The molecule has 0 fully saturated rings. The van der Waals surface area contributed by atoms with Crippen molar-refractivity contribution in [3.8, 4) is 10.4 Å². The van der Waals surface area contributed by atoms with Crippen molar-refractivity contribution in [3.63, 3.8) is 0 Å². The summed E-state index contributed by atoms with van der Waals surface area (Å²) in [5.74, 6) is -0.763. The SMILES string of the molecule is CCOC(=O)c1sc(-c2cc(C)ccc2F)c(CC)c1N. The molecule has 0 spiro atoms. The van der Waals surface area contributed by atoms with E-state index in [9.17, 15) is 9.18 Å². The monoisotopic (exact) mass is 307 g/mol. The topological polar surface area (TPSA) is 52.3 Å². The third-order valence-corrected chi connectivity index (χ3v) is 4.49. The van der Waals surface area contributed by atoms with Gasteiger partial charge in [-0.15, -0.1) is 11.3 Å². The van der Waals surface area contributed by atoms with E-state index in [-0.39, 0.29) is 12.4 Å². The van der Waals surface area contributed by atoms with E-state index in [1.165, 1.54) is 17.4 Å². The Kier molecular flexibility index (Phi) is 4.63. The first kappa shape index (κ1) is 15.5. The van der Waals surface area contributed by atoms with Crippen LogP contribution in [0.1, 0.15) is 34.6 Å². The van der Waals surface area contributed by atoms with Gasteiger partial charge in [-0.2, -0.15) is 0 Å². The van der Waals surface area contributed by atoms with Crippen LogP contribution >= 0.6 is 11.3 Å². The van der Waals surface area contributed by atoms with Crippen LogP contribution in [0.25, 0.3) is 10.4 Å². The van der Waals surface area contributed by atoms with Crippen LogP contribution in [0.4, 0.5) is 10.1 Å². The normalized spacial score (nSPS) is 10.7. The third-order valence-electron chi connectivity index (χ3n) is 3.23. The highest BCUT2D eigenvalue weighted by Crippen LogP contribution is 2.40. The summed E-state index contributed by atoms with van der Waals surface area (Å²) in [6.07, 6.45) is 0.629. The Hall–Kier alpha value is -1.88. The first-order valence-electron chi connectivity index (χ1n) is 6.84. The lowest BCUT2D eigenvalue weighted by Gasteiger charge is -2.05. The highest BCUT2D eigenvalue weighted by Gasteiger charge is 2.23. The lowest BCUT2D eigenvalue weighted by molar-refractivity contribution is 0.0533. The van der Waals surface area contributed by atoms with Gasteiger partial charge >= 0.3 is 5.97 Å². The molecule has 0 unspecified atom stereocenters. The van der Waals surface area contributed by atoms with Crippen LogP contribution in [0.5, 0.6) is 0 Å². The van der Waals surface area contributed by atoms with Crippen LogP contribution in [-0.4, -0.2) is 12.6 Å². The third kappa shape index (κ3) is 2.93. The molecule has 21 heavy (non-hydrogen) atoms. The fraction of sp³-hybridized carbons (Fsp3) is 0.312. The maximum Gasteiger partial charge on any atom is 0.350 e. The van der Waals surface area contributed by atoms with Gasteiger partial charge < -0.3 is 10.5 Å². The van der Waals surface area contributed by atoms with Crippen molar-refractivity contribution in [2.24, 2.45) is 0 Å². The second kappa shape index (κ2) is 6.26. The summed E-state index contributed by atoms with van der Waals surface area (Å²) in [6.45, 7) is 5.86. The van der Waals surface area contributed by atoms with Gasteiger partial charge in [-0.3, -0.25) is 0 Å². The number of rotatable bonds is 4. The molecule has 0 aliphatic carbocycles. The predicted octanol–water partition coefficient (Wildman–Crippen LogP) is 4.18. The van der Waals surface area contributed by atoms with Crippen molar-refractivity contribution in [3.05, 3.63) is 40.0 Å². The molecule has 0 saturated carbocycles. The van der Waals surface area contributed by atoms with Gasteiger partial charge in [-0.25, -0.2) is 9.18 Å². The molecule has 0 radical (unpaired) electrons. The number of aryl methyl sites for hydroxylation is 1. The molecular formula is C16H18FNO2S. The molecule has 0 saturated heterocycles. The summed E-state index contributed by atoms with van der Waals surface area (Å²) in [5, 5.41) is 0. The standard InChI is InChI=1S/C16H18FNO2S/c1-4-10-13(18)15(16(19)20-5-2)21-14(10)11-8-9(3)6-7-12(11)17/h6-8H,4-5,18H2,1-3H3. The number of hydrogen-bond donors (Lipinski definition) is 1. The van der Waals surface area contributed by atoms with Crippen LogP contribution in [-0.2, 0) is 11.2 Å². The molecule has 5 heteroatoms. The van der Waals surface area contributed by atoms with E-state index in [1.54, 1.807) is 19.1 Å². The van der Waals surface area contributed by atoms with Gasteiger partial charge in [0, 0.05) is 10.4 Å². The molecule has 0 amide bonds. The molecule has 0 atom stereocenters. The number of hydrogen-bond acceptors (Lipinski definition) is 4. The van der Waals surface area contributed by atoms with Gasteiger partial charge in [0.15, 0.2) is 0 Å². The van der Waals surface area contributed by atoms with Gasteiger partial charge in [-0.05, 0) is 38.0 Å². The number of benzene rings is 1. The smallest absolute Gasteiger partial charge is 0.350 e. The minimum absolute atomic E-state index is 0.284. The number of anilines is 1. The zero-order chi connectivity index (χ0) is 15.6. The van der Waals surface area contributed by atoms with Crippen LogP contribution in [0.3, 0.4) is 0 Å². The highest BCUT2D eigenvalue weighted by molar-refractivity contribution is 7.18. The molecule has 2 rings (SSSR count). The van der Waals surface area contributed by atoms with E-state index in [1.807, 2.05) is 13.8 Å². The van der Waals surface area contributed by atoms with Gasteiger partial charge in [0.1, 0.15) is 10.7 Å². The lowest BCUT2D eigenvalue weighted by Crippen LogP contribution is -2.05. The number of esters is 1. The fourth-order valence-electron chi connectivity index (χ4n) is 2.21. The van der Waals surface area contributed by atoms with Crippen molar-refractivity contribution in [2.45, 2.75) is 27.2 Å². The van der Waals surface area contributed by atoms with Crippen molar-refractivity contribution >= 4 is 23.0 Å². The average Bonchev–Trinajstić information content (AvgIpc) is 2.78. The van der Waals surface area contributed by atoms with E-state index in [0.717, 1.165) is 11.1 Å². The van der Waals surface area contributed by atoms with Crippen molar-refractivity contribution < 1.29 is 13.9 Å². The molecule has 0 bridgehead atoms. The van der Waals surface area contributed by atoms with E-state index in [2.05, 4.69) is 0 Å². The number of halogens is 1. The van der Waals surface area contributed by atoms with E-state index < -0.39 is 5.97 Å². The minimum Gasteiger partial charge on any atom is -0.462 e. The van der Waals surface area contributed by atoms with E-state index in [0.29, 0.717) is 27.4 Å². The zero-order valence-corrected chi connectivity index (χ0v) is 13.1. The van der Waals surface area contributed by atoms with Crippen molar-refractivity contribution in [2.75, 3.05) is 12.3 Å². The fourth-order valence-corrected chi connectivity index (χ4v) is 3.43. The van der Waals surface area contributed by atoms with E-state index >= 15 is 0 Å². The molecule has 1 aromatic carbocycles. The second-order valence-electron chi connectivity index (χ2n) is 4.71. The zero-order valence-electron chi connectivity index (χ0n) is 12.3. The maximum absolute atomic E-state index is 14.1. The van der Waals surface area contributed by atoms with E-state index in [4.69, 9.17) is 10.5 Å². The molecule has 112 valence electrons. The Labute approximate surface area is 127 Å². The van der Waals surface area contributed by atoms with Crippen LogP contribution in [0, 0.1) is 12.7 Å². The van der Waals surface area contributed by atoms with Crippen molar-refractivity contribution in [1.29, 1.82) is 0 Å². The molecule has 1 heterocycles. The Bertz CT molecular complexity index is 679. The van der Waals surface area contributed by atoms with Crippen LogP contribution in [0.2, 0.25) is 0 Å². The number of nitrogens with two attached hydrogens (primary N) is 1. The summed E-state index contributed by atoms with van der Waals surface area (Å²) in [6, 6.07) is 4.92. The summed E-state index contributed by atoms with van der Waals surface area (Å²) in [5.41, 5.74) is 8.70. The summed E-state index contributed by atoms with van der Waals surface area (Å²) in [7, 11) is 0. The molecule has 0 aliphatic heterocycles.